The highest BCUT2D eigenvalue weighted by Crippen LogP contribution is 2.42. The average Bonchev–Trinajstić information content (AvgIpc) is 3.50. The first-order valence-corrected chi connectivity index (χ1v) is 13.0. The molecule has 2 aromatic rings. The number of carbonyl (C=O) groups is 2. The molecule has 2 aromatic heterocycles. The van der Waals surface area contributed by atoms with E-state index in [2.05, 4.69) is 15.1 Å². The molecule has 0 aromatic carbocycles. The lowest BCUT2D eigenvalue weighted by Gasteiger charge is -2.35. The maximum atomic E-state index is 13.7. The van der Waals surface area contributed by atoms with Crippen LogP contribution in [0.3, 0.4) is 0 Å². The van der Waals surface area contributed by atoms with Gasteiger partial charge in [0.15, 0.2) is 0 Å². The lowest BCUT2D eigenvalue weighted by molar-refractivity contribution is -0.138. The van der Waals surface area contributed by atoms with Gasteiger partial charge in [0.05, 0.1) is 29.3 Å². The Morgan fingerprint density at radius 3 is 2.42 bits per heavy atom. The second kappa shape index (κ2) is 10.5. The number of anilines is 2. The van der Waals surface area contributed by atoms with Crippen LogP contribution < -0.4 is 15.4 Å². The third-order valence-electron chi connectivity index (χ3n) is 7.73. The Balaban J connectivity index is 1.21. The Hall–Kier alpha value is -3.22. The topological polar surface area (TPSA) is 115 Å². The highest BCUT2D eigenvalue weighted by molar-refractivity contribution is 6.30. The van der Waals surface area contributed by atoms with Crippen LogP contribution in [0.2, 0.25) is 5.02 Å². The lowest BCUT2D eigenvalue weighted by atomic mass is 9.91. The van der Waals surface area contributed by atoms with Gasteiger partial charge in [0.2, 0.25) is 11.9 Å². The van der Waals surface area contributed by atoms with E-state index in [-0.39, 0.29) is 23.8 Å². The van der Waals surface area contributed by atoms with E-state index in [4.69, 9.17) is 11.6 Å². The second-order valence-electron chi connectivity index (χ2n) is 9.92. The zero-order chi connectivity index (χ0) is 27.0. The number of amides is 1. The van der Waals surface area contributed by atoms with E-state index >= 15 is 0 Å². The molecule has 5 rings (SSSR count). The van der Waals surface area contributed by atoms with Crippen molar-refractivity contribution in [2.24, 2.45) is 11.8 Å². The van der Waals surface area contributed by atoms with Gasteiger partial charge in [-0.1, -0.05) is 11.6 Å². The Labute approximate surface area is 221 Å². The number of H-pyrrole nitrogens is 1. The monoisotopic (exact) mass is 553 g/mol. The first kappa shape index (κ1) is 26.4. The van der Waals surface area contributed by atoms with Gasteiger partial charge in [-0.25, -0.2) is 15.1 Å². The predicted octanol–water partition coefficient (Wildman–Crippen LogP) is 2.54. The first-order chi connectivity index (χ1) is 18.1. The van der Waals surface area contributed by atoms with E-state index < -0.39 is 35.2 Å². The van der Waals surface area contributed by atoms with Crippen molar-refractivity contribution >= 4 is 34.9 Å². The molecule has 0 unspecified atom stereocenters. The summed E-state index contributed by atoms with van der Waals surface area (Å²) in [5.41, 5.74) is -2.89. The first-order valence-electron chi connectivity index (χ1n) is 12.6. The molecule has 2 aliphatic heterocycles. The Bertz CT molecular complexity index is 1250. The molecule has 1 amide bonds. The molecule has 0 spiro atoms. The number of aromatic amines is 1. The summed E-state index contributed by atoms with van der Waals surface area (Å²) in [6.07, 6.45) is 1.43. The van der Waals surface area contributed by atoms with Gasteiger partial charge in [-0.15, -0.1) is 0 Å². The molecule has 3 fully saturated rings. The molecule has 3 atom stereocenters. The molecule has 2 saturated heterocycles. The van der Waals surface area contributed by atoms with Crippen molar-refractivity contribution in [1.82, 2.24) is 25.1 Å². The van der Waals surface area contributed by atoms with Crippen molar-refractivity contribution < 1.29 is 22.8 Å². The van der Waals surface area contributed by atoms with E-state index in [9.17, 15) is 27.6 Å². The van der Waals surface area contributed by atoms with Crippen LogP contribution in [-0.2, 0) is 15.8 Å². The summed E-state index contributed by atoms with van der Waals surface area (Å²) in [5, 5.41) is 5.89. The van der Waals surface area contributed by atoms with Crippen molar-refractivity contribution in [2.75, 3.05) is 42.5 Å². The molecule has 38 heavy (non-hydrogen) atoms. The largest absolute Gasteiger partial charge is 0.423 e. The van der Waals surface area contributed by atoms with Gasteiger partial charge >= 0.3 is 6.18 Å². The molecule has 0 bridgehead atoms. The van der Waals surface area contributed by atoms with Gasteiger partial charge in [-0.2, -0.15) is 18.3 Å². The van der Waals surface area contributed by atoms with E-state index in [0.29, 0.717) is 69.4 Å². The third kappa shape index (κ3) is 5.20. The maximum Gasteiger partial charge on any atom is 0.423 e. The van der Waals surface area contributed by atoms with Gasteiger partial charge in [0.25, 0.3) is 5.56 Å². The number of aromatic nitrogens is 4. The van der Waals surface area contributed by atoms with Crippen LogP contribution in [0.15, 0.2) is 23.4 Å². The summed E-state index contributed by atoms with van der Waals surface area (Å²) < 4.78 is 41.0. The fourth-order valence-electron chi connectivity index (χ4n) is 5.91. The van der Waals surface area contributed by atoms with E-state index in [0.717, 1.165) is 6.20 Å². The molecule has 10 nitrogen and oxygen atoms in total. The fourth-order valence-corrected chi connectivity index (χ4v) is 6.01. The fraction of sp³-hybridized carbons (Fsp3) is 0.583. The summed E-state index contributed by atoms with van der Waals surface area (Å²) in [6.45, 7) is 2.35. The van der Waals surface area contributed by atoms with Gasteiger partial charge in [-0.3, -0.25) is 14.4 Å². The number of Topliss-reactive ketones (excluding diaryl/α,β-unsaturated/α-hetero) is 1. The Morgan fingerprint density at radius 1 is 1.03 bits per heavy atom. The van der Waals surface area contributed by atoms with Gasteiger partial charge in [0.1, 0.15) is 11.3 Å². The average molecular weight is 554 g/mol. The maximum absolute atomic E-state index is 13.7. The quantitative estimate of drug-likeness (QED) is 0.601. The van der Waals surface area contributed by atoms with Gasteiger partial charge in [0, 0.05) is 57.0 Å². The van der Waals surface area contributed by atoms with Crippen LogP contribution in [-0.4, -0.2) is 75.5 Å². The van der Waals surface area contributed by atoms with Crippen LogP contribution in [0.4, 0.5) is 24.8 Å². The highest BCUT2D eigenvalue weighted by Gasteiger charge is 2.46. The summed E-state index contributed by atoms with van der Waals surface area (Å²) in [5.74, 6) is -0.612. The smallest absolute Gasteiger partial charge is 0.366 e. The minimum absolute atomic E-state index is 0.0832. The highest BCUT2D eigenvalue weighted by atomic mass is 35.5. The van der Waals surface area contributed by atoms with Crippen LogP contribution in [0.5, 0.6) is 0 Å². The minimum Gasteiger partial charge on any atom is -0.366 e. The number of ketones is 1. The summed E-state index contributed by atoms with van der Waals surface area (Å²) in [6, 6.07) is -0.463. The van der Waals surface area contributed by atoms with E-state index in [1.807, 2.05) is 10.00 Å². The molecule has 1 aliphatic carbocycles. The summed E-state index contributed by atoms with van der Waals surface area (Å²) >= 11 is 5.84. The number of hydrogen-bond acceptors (Lipinski definition) is 8. The molecule has 1 saturated carbocycles. The summed E-state index contributed by atoms with van der Waals surface area (Å²) in [7, 11) is 0. The number of halogens is 4. The molecule has 0 radical (unpaired) electrons. The van der Waals surface area contributed by atoms with Gasteiger partial charge < -0.3 is 14.7 Å². The van der Waals surface area contributed by atoms with Crippen LogP contribution in [0, 0.1) is 11.8 Å². The van der Waals surface area contributed by atoms with Crippen molar-refractivity contribution in [2.45, 2.75) is 44.3 Å². The number of nitrogens with one attached hydrogen (secondary N) is 1. The van der Waals surface area contributed by atoms with Crippen LogP contribution in [0.25, 0.3) is 0 Å². The second-order valence-corrected chi connectivity index (χ2v) is 10.4. The summed E-state index contributed by atoms with van der Waals surface area (Å²) in [4.78, 5) is 52.0. The zero-order valence-electron chi connectivity index (χ0n) is 20.5. The van der Waals surface area contributed by atoms with E-state index in [1.54, 1.807) is 4.90 Å². The predicted molar refractivity (Wildman–Crippen MR) is 132 cm³/mol. The van der Waals surface area contributed by atoms with Crippen molar-refractivity contribution in [3.63, 3.8) is 0 Å². The van der Waals surface area contributed by atoms with Crippen LogP contribution >= 0.6 is 11.6 Å². The van der Waals surface area contributed by atoms with Crippen molar-refractivity contribution in [1.29, 1.82) is 0 Å². The number of alkyl halides is 3. The number of rotatable bonds is 5. The standard InChI is InChI=1S/C24H27ClF3N7O3/c25-15-11-29-23(30-12-15)34-8-6-33(7-9-34)19(36)10-14-3-4-16(21(14)37)17-2-1-5-35(17)18-13-31-32-22(38)20(18)24(26,27)28/h11-14,16-17H,1-10H2,(H,32,38)/t14-,16-,17-/m0/s1. The molecule has 204 valence electrons. The number of carbonyl (C=O) groups excluding carboxylic acids is 2. The molecular weight excluding hydrogens is 527 g/mol. The zero-order valence-corrected chi connectivity index (χ0v) is 21.2. The number of nitrogens with zero attached hydrogens (tertiary/aromatic N) is 6. The Kier molecular flexibility index (Phi) is 7.30. The van der Waals surface area contributed by atoms with Gasteiger partial charge in [-0.05, 0) is 25.7 Å². The number of hydrogen-bond donors (Lipinski definition) is 1. The SMILES string of the molecule is O=C1[C@H](CC(=O)N2CCN(c3ncc(Cl)cn3)CC2)CC[C@H]1[C@@H]1CCCN1c1cn[nH]c(=O)c1C(F)(F)F. The van der Waals surface area contributed by atoms with E-state index in [1.165, 1.54) is 17.3 Å². The molecular formula is C24H27ClF3N7O3. The van der Waals surface area contributed by atoms with Crippen molar-refractivity contribution in [3.05, 3.63) is 39.5 Å². The molecule has 14 heteroatoms. The molecule has 3 aliphatic rings. The van der Waals surface area contributed by atoms with Crippen molar-refractivity contribution in [3.8, 4) is 0 Å². The normalized spacial score (nSPS) is 24.4. The Morgan fingerprint density at radius 2 is 1.74 bits per heavy atom. The third-order valence-corrected chi connectivity index (χ3v) is 7.92. The number of piperazine rings is 1. The molecule has 1 N–H and O–H groups in total. The minimum atomic E-state index is -4.85. The molecule has 4 heterocycles. The van der Waals surface area contributed by atoms with Crippen LogP contribution in [0.1, 0.15) is 37.7 Å². The lowest BCUT2D eigenvalue weighted by Crippen LogP contribution is -2.49.